The number of para-hydroxylation sites is 1. The zero-order chi connectivity index (χ0) is 19.6. The lowest BCUT2D eigenvalue weighted by atomic mass is 10.0. The second kappa shape index (κ2) is 9.15. The van der Waals surface area contributed by atoms with Crippen molar-refractivity contribution in [2.24, 2.45) is 0 Å². The maximum Gasteiger partial charge on any atom is 0.264 e. The second-order valence-electron chi connectivity index (χ2n) is 7.34. The highest BCUT2D eigenvalue weighted by Gasteiger charge is 2.29. The number of nitrogens with zero attached hydrogens (tertiary/aromatic N) is 1. The zero-order valence-corrected chi connectivity index (χ0v) is 17.8. The number of fused-ring (bicyclic) bond motifs is 1. The smallest absolute Gasteiger partial charge is 0.264 e. The molecule has 4 rings (SSSR count). The van der Waals surface area contributed by atoms with Crippen LogP contribution in [0.3, 0.4) is 0 Å². The molecule has 0 saturated carbocycles. The highest BCUT2D eigenvalue weighted by molar-refractivity contribution is 7.92. The Morgan fingerprint density at radius 1 is 1.14 bits per heavy atom. The van der Waals surface area contributed by atoms with Crippen molar-refractivity contribution in [3.8, 4) is 0 Å². The average molecular weight is 436 g/mol. The summed E-state index contributed by atoms with van der Waals surface area (Å²) in [6.45, 7) is 1.98. The molecule has 1 unspecified atom stereocenters. The van der Waals surface area contributed by atoms with E-state index in [4.69, 9.17) is 0 Å². The molecule has 2 aromatic carbocycles. The Balaban J connectivity index is 0.00000240. The third-order valence-corrected chi connectivity index (χ3v) is 7.23. The summed E-state index contributed by atoms with van der Waals surface area (Å²) in [4.78, 5) is 12.7. The van der Waals surface area contributed by atoms with E-state index in [1.807, 2.05) is 24.3 Å². The van der Waals surface area contributed by atoms with Crippen LogP contribution in [0.1, 0.15) is 35.2 Å². The fourth-order valence-corrected chi connectivity index (χ4v) is 5.51. The molecule has 8 heteroatoms. The lowest BCUT2D eigenvalue weighted by Gasteiger charge is -2.30. The van der Waals surface area contributed by atoms with Gasteiger partial charge in [-0.2, -0.15) is 0 Å². The molecule has 0 spiro atoms. The van der Waals surface area contributed by atoms with Crippen molar-refractivity contribution in [2.45, 2.75) is 36.6 Å². The van der Waals surface area contributed by atoms with E-state index >= 15 is 0 Å². The maximum atomic E-state index is 13.3. The molecule has 2 N–H and O–H groups in total. The van der Waals surface area contributed by atoms with Crippen LogP contribution < -0.4 is 14.9 Å². The normalized spacial score (nSPS) is 18.6. The SMILES string of the molecule is Cl.O=C(NCC1CCCN1)c1cccc(S(=O)(=O)N2CCCc3ccccc32)c1. The molecule has 2 aliphatic rings. The van der Waals surface area contributed by atoms with Crippen LogP contribution in [0.5, 0.6) is 0 Å². The van der Waals surface area contributed by atoms with Crippen LogP contribution in [-0.2, 0) is 16.4 Å². The van der Waals surface area contributed by atoms with Gasteiger partial charge in [-0.15, -0.1) is 12.4 Å². The molecule has 0 aliphatic carbocycles. The number of carbonyl (C=O) groups is 1. The van der Waals surface area contributed by atoms with Crippen molar-refractivity contribution in [2.75, 3.05) is 23.9 Å². The van der Waals surface area contributed by atoms with Crippen LogP contribution in [0.15, 0.2) is 53.4 Å². The van der Waals surface area contributed by atoms with Gasteiger partial charge in [0.15, 0.2) is 0 Å². The third kappa shape index (κ3) is 4.57. The molecule has 0 radical (unpaired) electrons. The number of rotatable bonds is 5. The highest BCUT2D eigenvalue weighted by atomic mass is 35.5. The Kier molecular flexibility index (Phi) is 6.82. The van der Waals surface area contributed by atoms with Crippen LogP contribution in [0.4, 0.5) is 5.69 Å². The quantitative estimate of drug-likeness (QED) is 0.756. The number of anilines is 1. The Morgan fingerprint density at radius 2 is 1.97 bits per heavy atom. The fourth-order valence-electron chi connectivity index (χ4n) is 3.92. The van der Waals surface area contributed by atoms with Crippen molar-refractivity contribution < 1.29 is 13.2 Å². The number of hydrogen-bond donors (Lipinski definition) is 2. The van der Waals surface area contributed by atoms with Crippen molar-refractivity contribution >= 4 is 34.0 Å². The van der Waals surface area contributed by atoms with Crippen molar-refractivity contribution in [3.63, 3.8) is 0 Å². The Bertz CT molecular complexity index is 975. The van der Waals surface area contributed by atoms with E-state index in [9.17, 15) is 13.2 Å². The van der Waals surface area contributed by atoms with E-state index in [2.05, 4.69) is 10.6 Å². The Hall–Kier alpha value is -2.09. The van der Waals surface area contributed by atoms with E-state index in [0.717, 1.165) is 43.5 Å². The van der Waals surface area contributed by atoms with Gasteiger partial charge >= 0.3 is 0 Å². The monoisotopic (exact) mass is 435 g/mol. The molecule has 2 aromatic rings. The first-order valence-electron chi connectivity index (χ1n) is 9.78. The van der Waals surface area contributed by atoms with Crippen LogP contribution in [0, 0.1) is 0 Å². The number of hydrogen-bond acceptors (Lipinski definition) is 4. The van der Waals surface area contributed by atoms with Crippen molar-refractivity contribution in [1.29, 1.82) is 0 Å². The highest BCUT2D eigenvalue weighted by Crippen LogP contribution is 2.31. The summed E-state index contributed by atoms with van der Waals surface area (Å²) in [6, 6.07) is 14.2. The number of aryl methyl sites for hydroxylation is 1. The molecule has 2 aliphatic heterocycles. The molecule has 29 heavy (non-hydrogen) atoms. The number of halogens is 1. The third-order valence-electron chi connectivity index (χ3n) is 5.42. The molecule has 1 atom stereocenters. The lowest BCUT2D eigenvalue weighted by molar-refractivity contribution is 0.0950. The van der Waals surface area contributed by atoms with Crippen LogP contribution in [0.25, 0.3) is 0 Å². The summed E-state index contributed by atoms with van der Waals surface area (Å²) >= 11 is 0. The van der Waals surface area contributed by atoms with Gasteiger partial charge in [0.05, 0.1) is 10.6 Å². The fraction of sp³-hybridized carbons (Fsp3) is 0.381. The van der Waals surface area contributed by atoms with Gasteiger partial charge in [0.25, 0.3) is 15.9 Å². The molecule has 1 saturated heterocycles. The predicted molar refractivity (Wildman–Crippen MR) is 116 cm³/mol. The van der Waals surface area contributed by atoms with E-state index in [0.29, 0.717) is 24.7 Å². The first-order chi connectivity index (χ1) is 13.6. The van der Waals surface area contributed by atoms with E-state index in [1.54, 1.807) is 18.2 Å². The first kappa shape index (κ1) is 21.6. The number of amides is 1. The number of carbonyl (C=O) groups excluding carboxylic acids is 1. The average Bonchev–Trinajstić information content (AvgIpc) is 3.25. The minimum atomic E-state index is -3.72. The first-order valence-corrected chi connectivity index (χ1v) is 11.2. The minimum Gasteiger partial charge on any atom is -0.350 e. The molecule has 0 aromatic heterocycles. The van der Waals surface area contributed by atoms with E-state index < -0.39 is 10.0 Å². The van der Waals surface area contributed by atoms with Crippen LogP contribution in [0.2, 0.25) is 0 Å². The minimum absolute atomic E-state index is 0. The summed E-state index contributed by atoms with van der Waals surface area (Å²) in [6.07, 6.45) is 3.82. The standard InChI is InChI=1S/C21H25N3O3S.ClH/c25-21(23-15-18-9-4-12-22-18)17-7-3-10-19(14-17)28(26,27)24-13-5-8-16-6-1-2-11-20(16)24;/h1-3,6-7,10-11,14,18,22H,4-5,8-9,12-13,15H2,(H,23,25);1H. The summed E-state index contributed by atoms with van der Waals surface area (Å²) in [5.74, 6) is -0.246. The van der Waals surface area contributed by atoms with Gasteiger partial charge in [0, 0.05) is 24.7 Å². The number of benzene rings is 2. The molecule has 156 valence electrons. The molecule has 1 amide bonds. The Labute approximate surface area is 178 Å². The summed E-state index contributed by atoms with van der Waals surface area (Å²) in [7, 11) is -3.72. The van der Waals surface area contributed by atoms with Gasteiger partial charge in [-0.3, -0.25) is 9.10 Å². The van der Waals surface area contributed by atoms with E-state index in [-0.39, 0.29) is 23.2 Å². The van der Waals surface area contributed by atoms with Gasteiger partial charge in [-0.25, -0.2) is 8.42 Å². The van der Waals surface area contributed by atoms with Crippen molar-refractivity contribution in [3.05, 3.63) is 59.7 Å². The van der Waals surface area contributed by atoms with Gasteiger partial charge in [0.1, 0.15) is 0 Å². The zero-order valence-electron chi connectivity index (χ0n) is 16.1. The van der Waals surface area contributed by atoms with Gasteiger partial charge in [0.2, 0.25) is 0 Å². The largest absolute Gasteiger partial charge is 0.350 e. The van der Waals surface area contributed by atoms with Crippen molar-refractivity contribution in [1.82, 2.24) is 10.6 Å². The maximum absolute atomic E-state index is 13.3. The second-order valence-corrected chi connectivity index (χ2v) is 9.20. The summed E-state index contributed by atoms with van der Waals surface area (Å²) in [5.41, 5.74) is 2.13. The van der Waals surface area contributed by atoms with Gasteiger partial charge in [-0.1, -0.05) is 24.3 Å². The molecular formula is C21H26ClN3O3S. The molecule has 2 heterocycles. The van der Waals surface area contributed by atoms with Crippen LogP contribution >= 0.6 is 12.4 Å². The predicted octanol–water partition coefficient (Wildman–Crippen LogP) is 2.73. The molecule has 6 nitrogen and oxygen atoms in total. The molecule has 0 bridgehead atoms. The van der Waals surface area contributed by atoms with E-state index in [1.165, 1.54) is 10.4 Å². The summed E-state index contributed by atoms with van der Waals surface area (Å²) in [5, 5.41) is 6.24. The Morgan fingerprint density at radius 3 is 2.76 bits per heavy atom. The lowest BCUT2D eigenvalue weighted by Crippen LogP contribution is -2.37. The number of nitrogens with one attached hydrogen (secondary N) is 2. The summed E-state index contributed by atoms with van der Waals surface area (Å²) < 4.78 is 28.0. The number of sulfonamides is 1. The van der Waals surface area contributed by atoms with Gasteiger partial charge in [-0.05, 0) is 62.1 Å². The molecule has 1 fully saturated rings. The topological polar surface area (TPSA) is 78.5 Å². The van der Waals surface area contributed by atoms with Crippen LogP contribution in [-0.4, -0.2) is 40.0 Å². The van der Waals surface area contributed by atoms with Gasteiger partial charge < -0.3 is 10.6 Å². The molecular weight excluding hydrogens is 410 g/mol.